The van der Waals surface area contributed by atoms with Crippen molar-refractivity contribution >= 4 is 23.3 Å². The number of nitrogens with one attached hydrogen (secondary N) is 2. The molecule has 2 N–H and O–H groups in total. The second-order valence-corrected chi connectivity index (χ2v) is 5.16. The number of anilines is 1. The van der Waals surface area contributed by atoms with Crippen molar-refractivity contribution in [2.45, 2.75) is 25.8 Å². The molecule has 19 heavy (non-hydrogen) atoms. The highest BCUT2D eigenvalue weighted by molar-refractivity contribution is 6.33. The second kappa shape index (κ2) is 6.78. The molecular weight excluding hydrogens is 262 g/mol. The molecule has 1 heterocycles. The van der Waals surface area contributed by atoms with Crippen LogP contribution in [-0.4, -0.2) is 36.6 Å². The molecular formula is C14H20ClN3O. The van der Waals surface area contributed by atoms with Gasteiger partial charge in [0, 0.05) is 19.1 Å². The van der Waals surface area contributed by atoms with E-state index in [2.05, 4.69) is 17.6 Å². The van der Waals surface area contributed by atoms with Gasteiger partial charge in [0.05, 0.1) is 10.7 Å². The van der Waals surface area contributed by atoms with E-state index in [-0.39, 0.29) is 12.1 Å². The number of benzene rings is 1. The van der Waals surface area contributed by atoms with Gasteiger partial charge in [-0.3, -0.25) is 0 Å². The normalized spacial score (nSPS) is 18.3. The maximum absolute atomic E-state index is 12.4. The molecule has 4 nitrogen and oxygen atoms in total. The Morgan fingerprint density at radius 2 is 2.32 bits per heavy atom. The van der Waals surface area contributed by atoms with Crippen LogP contribution in [0.15, 0.2) is 24.3 Å². The highest BCUT2D eigenvalue weighted by Gasteiger charge is 2.26. The van der Waals surface area contributed by atoms with Crippen molar-refractivity contribution in [3.05, 3.63) is 29.3 Å². The van der Waals surface area contributed by atoms with Crippen molar-refractivity contribution in [3.63, 3.8) is 0 Å². The smallest absolute Gasteiger partial charge is 0.320 e. The predicted octanol–water partition coefficient (Wildman–Crippen LogP) is 2.95. The lowest BCUT2D eigenvalue weighted by Crippen LogP contribution is -2.44. The summed E-state index contributed by atoms with van der Waals surface area (Å²) < 4.78 is 0. The van der Waals surface area contributed by atoms with Crippen molar-refractivity contribution in [2.24, 2.45) is 0 Å². The highest BCUT2D eigenvalue weighted by Crippen LogP contribution is 2.21. The molecule has 1 aromatic carbocycles. The predicted molar refractivity (Wildman–Crippen MR) is 78.7 cm³/mol. The van der Waals surface area contributed by atoms with Crippen molar-refractivity contribution < 1.29 is 4.79 Å². The Bertz CT molecular complexity index is 432. The summed E-state index contributed by atoms with van der Waals surface area (Å²) in [5, 5.41) is 6.76. The van der Waals surface area contributed by atoms with Gasteiger partial charge in [-0.25, -0.2) is 4.79 Å². The minimum atomic E-state index is -0.0661. The first kappa shape index (κ1) is 14.2. The molecule has 1 unspecified atom stereocenters. The fraction of sp³-hybridized carbons (Fsp3) is 0.500. The number of hydrogen-bond acceptors (Lipinski definition) is 2. The summed E-state index contributed by atoms with van der Waals surface area (Å²) in [4.78, 5) is 14.3. The van der Waals surface area contributed by atoms with Crippen molar-refractivity contribution in [1.82, 2.24) is 10.2 Å². The number of nitrogens with zero attached hydrogens (tertiary/aromatic N) is 1. The van der Waals surface area contributed by atoms with Gasteiger partial charge in [-0.15, -0.1) is 0 Å². The van der Waals surface area contributed by atoms with Crippen molar-refractivity contribution in [2.75, 3.05) is 25.0 Å². The fourth-order valence-corrected chi connectivity index (χ4v) is 2.53. The Morgan fingerprint density at radius 1 is 1.53 bits per heavy atom. The zero-order chi connectivity index (χ0) is 13.7. The summed E-state index contributed by atoms with van der Waals surface area (Å²) in [5.41, 5.74) is 0.668. The van der Waals surface area contributed by atoms with E-state index in [0.717, 1.165) is 32.5 Å². The van der Waals surface area contributed by atoms with Crippen LogP contribution >= 0.6 is 11.6 Å². The van der Waals surface area contributed by atoms with Crippen LogP contribution in [0.1, 0.15) is 19.8 Å². The van der Waals surface area contributed by atoms with Gasteiger partial charge in [0.1, 0.15) is 0 Å². The molecule has 5 heteroatoms. The van der Waals surface area contributed by atoms with E-state index in [1.807, 2.05) is 23.1 Å². The topological polar surface area (TPSA) is 44.4 Å². The maximum atomic E-state index is 12.4. The zero-order valence-electron chi connectivity index (χ0n) is 11.2. The first-order valence-electron chi connectivity index (χ1n) is 6.75. The zero-order valence-corrected chi connectivity index (χ0v) is 11.9. The molecule has 2 amide bonds. The third-order valence-corrected chi connectivity index (χ3v) is 3.65. The number of amides is 2. The number of urea groups is 1. The van der Waals surface area contributed by atoms with Crippen LogP contribution in [-0.2, 0) is 0 Å². The van der Waals surface area contributed by atoms with Crippen LogP contribution in [0.25, 0.3) is 0 Å². The molecule has 0 bridgehead atoms. The molecule has 1 aliphatic heterocycles. The Morgan fingerprint density at radius 3 is 2.95 bits per heavy atom. The quantitative estimate of drug-likeness (QED) is 0.891. The second-order valence-electron chi connectivity index (χ2n) is 4.75. The average molecular weight is 282 g/mol. The molecule has 0 aliphatic carbocycles. The van der Waals surface area contributed by atoms with Gasteiger partial charge in [-0.05, 0) is 31.5 Å². The van der Waals surface area contributed by atoms with E-state index in [0.29, 0.717) is 10.7 Å². The number of carbonyl (C=O) groups excluding carboxylic acids is 1. The van der Waals surface area contributed by atoms with E-state index in [1.165, 1.54) is 0 Å². The lowest BCUT2D eigenvalue weighted by molar-refractivity contribution is 0.192. The molecule has 1 aliphatic rings. The molecule has 0 saturated carbocycles. The van der Waals surface area contributed by atoms with Gasteiger partial charge in [-0.1, -0.05) is 30.7 Å². The Hall–Kier alpha value is -1.26. The monoisotopic (exact) mass is 281 g/mol. The maximum Gasteiger partial charge on any atom is 0.322 e. The Kier molecular flexibility index (Phi) is 5.05. The highest BCUT2D eigenvalue weighted by atomic mass is 35.5. The number of halogens is 1. The molecule has 1 saturated heterocycles. The van der Waals surface area contributed by atoms with E-state index in [1.54, 1.807) is 6.07 Å². The van der Waals surface area contributed by atoms with Gasteiger partial charge >= 0.3 is 6.03 Å². The largest absolute Gasteiger partial charge is 0.322 e. The Labute approximate surface area is 119 Å². The van der Waals surface area contributed by atoms with Gasteiger partial charge in [-0.2, -0.15) is 0 Å². The first-order chi connectivity index (χ1) is 9.22. The minimum absolute atomic E-state index is 0.0661. The molecule has 1 atom stereocenters. The molecule has 1 aromatic rings. The molecule has 1 fully saturated rings. The first-order valence-corrected chi connectivity index (χ1v) is 7.13. The van der Waals surface area contributed by atoms with Crippen LogP contribution in [0.5, 0.6) is 0 Å². The Balaban J connectivity index is 2.05. The summed E-state index contributed by atoms with van der Waals surface area (Å²) in [6.45, 7) is 4.70. The lowest BCUT2D eigenvalue weighted by atomic mass is 10.2. The lowest BCUT2D eigenvalue weighted by Gasteiger charge is -2.28. The SMILES string of the molecule is CCCN(C(=O)Nc1ccccc1Cl)C1CCNC1. The van der Waals surface area contributed by atoms with E-state index >= 15 is 0 Å². The van der Waals surface area contributed by atoms with E-state index < -0.39 is 0 Å². The summed E-state index contributed by atoms with van der Waals surface area (Å²) in [6.07, 6.45) is 1.96. The third kappa shape index (κ3) is 3.61. The van der Waals surface area contributed by atoms with Gasteiger partial charge in [0.15, 0.2) is 0 Å². The van der Waals surface area contributed by atoms with Crippen LogP contribution in [0.4, 0.5) is 10.5 Å². The van der Waals surface area contributed by atoms with Crippen LogP contribution in [0.2, 0.25) is 5.02 Å². The summed E-state index contributed by atoms with van der Waals surface area (Å²) in [6, 6.07) is 7.52. The third-order valence-electron chi connectivity index (χ3n) is 3.32. The summed E-state index contributed by atoms with van der Waals surface area (Å²) in [7, 11) is 0. The number of para-hydroxylation sites is 1. The summed E-state index contributed by atoms with van der Waals surface area (Å²) in [5.74, 6) is 0. The van der Waals surface area contributed by atoms with Crippen LogP contribution in [0.3, 0.4) is 0 Å². The molecule has 0 spiro atoms. The van der Waals surface area contributed by atoms with E-state index in [9.17, 15) is 4.79 Å². The number of carbonyl (C=O) groups is 1. The van der Waals surface area contributed by atoms with Gasteiger partial charge in [0.2, 0.25) is 0 Å². The van der Waals surface area contributed by atoms with Gasteiger partial charge in [0.25, 0.3) is 0 Å². The molecule has 104 valence electrons. The molecule has 2 rings (SSSR count). The van der Waals surface area contributed by atoms with E-state index in [4.69, 9.17) is 11.6 Å². The standard InChI is InChI=1S/C14H20ClN3O/c1-2-9-18(11-7-8-16-10-11)14(19)17-13-6-4-3-5-12(13)15/h3-6,11,16H,2,7-10H2,1H3,(H,17,19). The van der Waals surface area contributed by atoms with Crippen LogP contribution in [0, 0.1) is 0 Å². The number of rotatable bonds is 4. The number of hydrogen-bond donors (Lipinski definition) is 2. The average Bonchev–Trinajstić information content (AvgIpc) is 2.92. The minimum Gasteiger partial charge on any atom is -0.320 e. The molecule has 0 radical (unpaired) electrons. The molecule has 0 aromatic heterocycles. The van der Waals surface area contributed by atoms with Crippen molar-refractivity contribution in [1.29, 1.82) is 0 Å². The van der Waals surface area contributed by atoms with Gasteiger partial charge < -0.3 is 15.5 Å². The summed E-state index contributed by atoms with van der Waals surface area (Å²) >= 11 is 6.06. The fourth-order valence-electron chi connectivity index (χ4n) is 2.35. The van der Waals surface area contributed by atoms with Crippen molar-refractivity contribution in [3.8, 4) is 0 Å². The van der Waals surface area contributed by atoms with Crippen LogP contribution < -0.4 is 10.6 Å².